The molecule has 1 atom stereocenters. The third-order valence-corrected chi connectivity index (χ3v) is 2.73. The summed E-state index contributed by atoms with van der Waals surface area (Å²) in [7, 11) is 1.80. The van der Waals surface area contributed by atoms with Crippen molar-refractivity contribution >= 4 is 17.7 Å². The predicted octanol–water partition coefficient (Wildman–Crippen LogP) is 0.293. The molecule has 4 heteroatoms. The second-order valence-electron chi connectivity index (χ2n) is 2.78. The van der Waals surface area contributed by atoms with Crippen LogP contribution in [-0.4, -0.2) is 42.1 Å². The van der Waals surface area contributed by atoms with E-state index in [0.29, 0.717) is 6.54 Å². The molecule has 0 saturated carbocycles. The molecule has 0 radical (unpaired) electrons. The first-order chi connectivity index (χ1) is 5.75. The highest BCUT2D eigenvalue weighted by atomic mass is 32.2. The van der Waals surface area contributed by atoms with Crippen LogP contribution in [0.1, 0.15) is 0 Å². The largest absolute Gasteiger partial charge is 0.341 e. The molecule has 0 spiro atoms. The molecule has 12 heavy (non-hydrogen) atoms. The summed E-state index contributed by atoms with van der Waals surface area (Å²) < 4.78 is 0. The molecular formula is C8H14N2OS. The summed E-state index contributed by atoms with van der Waals surface area (Å²) in [5.41, 5.74) is 0. The van der Waals surface area contributed by atoms with Gasteiger partial charge in [-0.15, -0.1) is 18.3 Å². The molecule has 1 amide bonds. The van der Waals surface area contributed by atoms with Crippen molar-refractivity contribution in [2.75, 3.05) is 25.2 Å². The van der Waals surface area contributed by atoms with E-state index < -0.39 is 0 Å². The van der Waals surface area contributed by atoms with Crippen LogP contribution in [0.3, 0.4) is 0 Å². The van der Waals surface area contributed by atoms with Crippen molar-refractivity contribution in [3.63, 3.8) is 0 Å². The van der Waals surface area contributed by atoms with Crippen molar-refractivity contribution in [2.45, 2.75) is 6.04 Å². The lowest BCUT2D eigenvalue weighted by Crippen LogP contribution is -2.43. The number of thioether (sulfide) groups is 1. The summed E-state index contributed by atoms with van der Waals surface area (Å²) >= 11 is 1.76. The summed E-state index contributed by atoms with van der Waals surface area (Å²) in [5.74, 6) is 1.94. The minimum Gasteiger partial charge on any atom is -0.341 e. The number of likely N-dealkylation sites (N-methyl/N-ethyl adjacent to an activating group) is 1. The fraction of sp³-hybridized carbons (Fsp3) is 0.625. The maximum Gasteiger partial charge on any atom is 0.240 e. The highest BCUT2D eigenvalue weighted by molar-refractivity contribution is 7.99. The Bertz CT molecular complexity index is 178. The lowest BCUT2D eigenvalue weighted by Gasteiger charge is -2.18. The molecule has 68 valence electrons. The van der Waals surface area contributed by atoms with Crippen LogP contribution < -0.4 is 5.32 Å². The minimum atomic E-state index is 0.0138. The molecule has 1 N–H and O–H groups in total. The van der Waals surface area contributed by atoms with Gasteiger partial charge in [0, 0.05) is 25.2 Å². The van der Waals surface area contributed by atoms with Gasteiger partial charge >= 0.3 is 0 Å². The Morgan fingerprint density at radius 1 is 1.92 bits per heavy atom. The van der Waals surface area contributed by atoms with E-state index >= 15 is 0 Å². The molecule has 0 aromatic heterocycles. The van der Waals surface area contributed by atoms with E-state index in [0.717, 1.165) is 11.6 Å². The molecule has 1 aliphatic rings. The van der Waals surface area contributed by atoms with Crippen molar-refractivity contribution in [1.29, 1.82) is 0 Å². The molecular weight excluding hydrogens is 172 g/mol. The number of nitrogens with one attached hydrogen (secondary N) is 1. The van der Waals surface area contributed by atoms with Crippen molar-refractivity contribution in [3.8, 4) is 0 Å². The molecule has 0 aromatic rings. The molecule has 0 bridgehead atoms. The molecule has 1 fully saturated rings. The highest BCUT2D eigenvalue weighted by Crippen LogP contribution is 2.11. The Balaban J connectivity index is 2.39. The van der Waals surface area contributed by atoms with Gasteiger partial charge < -0.3 is 4.90 Å². The summed E-state index contributed by atoms with van der Waals surface area (Å²) in [5, 5.41) is 3.13. The lowest BCUT2D eigenvalue weighted by molar-refractivity contribution is -0.130. The molecule has 3 nitrogen and oxygen atoms in total. The van der Waals surface area contributed by atoms with E-state index in [1.54, 1.807) is 29.8 Å². The monoisotopic (exact) mass is 186 g/mol. The van der Waals surface area contributed by atoms with E-state index in [-0.39, 0.29) is 11.9 Å². The molecule has 0 aliphatic carbocycles. The number of hydrogen-bond acceptors (Lipinski definition) is 3. The molecule has 0 aromatic carbocycles. The SMILES string of the molecule is C=CCN(C)C(=O)C1CSCN1. The van der Waals surface area contributed by atoms with Crippen molar-refractivity contribution in [1.82, 2.24) is 10.2 Å². The first-order valence-corrected chi connectivity index (χ1v) is 5.08. The van der Waals surface area contributed by atoms with Gasteiger partial charge in [0.1, 0.15) is 0 Å². The Morgan fingerprint density at radius 2 is 2.67 bits per heavy atom. The summed E-state index contributed by atoms with van der Waals surface area (Å²) in [6.45, 7) is 4.22. The quantitative estimate of drug-likeness (QED) is 0.643. The lowest BCUT2D eigenvalue weighted by atomic mass is 10.3. The van der Waals surface area contributed by atoms with Crippen LogP contribution >= 0.6 is 11.8 Å². The minimum absolute atomic E-state index is 0.0138. The van der Waals surface area contributed by atoms with E-state index in [1.807, 2.05) is 0 Å². The van der Waals surface area contributed by atoms with Gasteiger partial charge in [-0.05, 0) is 0 Å². The van der Waals surface area contributed by atoms with Gasteiger partial charge in [-0.2, -0.15) is 0 Å². The number of nitrogens with zero attached hydrogens (tertiary/aromatic N) is 1. The van der Waals surface area contributed by atoms with Crippen LogP contribution in [0.25, 0.3) is 0 Å². The topological polar surface area (TPSA) is 32.3 Å². The van der Waals surface area contributed by atoms with Gasteiger partial charge in [0.05, 0.1) is 6.04 Å². The maximum atomic E-state index is 11.5. The first-order valence-electron chi connectivity index (χ1n) is 3.92. The fourth-order valence-electron chi connectivity index (χ4n) is 1.10. The second-order valence-corrected chi connectivity index (χ2v) is 3.81. The van der Waals surface area contributed by atoms with Gasteiger partial charge in [-0.1, -0.05) is 6.08 Å². The Kier molecular flexibility index (Phi) is 3.62. The van der Waals surface area contributed by atoms with E-state index in [4.69, 9.17) is 0 Å². The molecule has 1 rings (SSSR count). The average Bonchev–Trinajstić information content (AvgIpc) is 2.55. The summed E-state index contributed by atoms with van der Waals surface area (Å²) in [4.78, 5) is 13.2. The van der Waals surface area contributed by atoms with Gasteiger partial charge in [-0.25, -0.2) is 0 Å². The number of amides is 1. The number of rotatable bonds is 3. The van der Waals surface area contributed by atoms with Crippen molar-refractivity contribution in [3.05, 3.63) is 12.7 Å². The maximum absolute atomic E-state index is 11.5. The van der Waals surface area contributed by atoms with Crippen LogP contribution in [0, 0.1) is 0 Å². The van der Waals surface area contributed by atoms with Gasteiger partial charge in [0.15, 0.2) is 0 Å². The highest BCUT2D eigenvalue weighted by Gasteiger charge is 2.24. The predicted molar refractivity (Wildman–Crippen MR) is 52.1 cm³/mol. The van der Waals surface area contributed by atoms with Crippen molar-refractivity contribution < 1.29 is 4.79 Å². The van der Waals surface area contributed by atoms with Crippen LogP contribution in [0.15, 0.2) is 12.7 Å². The number of carbonyl (C=O) groups is 1. The third kappa shape index (κ3) is 2.25. The number of carbonyl (C=O) groups excluding carboxylic acids is 1. The zero-order valence-corrected chi connectivity index (χ0v) is 8.06. The average molecular weight is 186 g/mol. The Morgan fingerprint density at radius 3 is 3.17 bits per heavy atom. The van der Waals surface area contributed by atoms with Gasteiger partial charge in [0.25, 0.3) is 0 Å². The Hall–Kier alpha value is -0.480. The fourth-order valence-corrected chi connectivity index (χ4v) is 2.04. The second kappa shape index (κ2) is 4.52. The van der Waals surface area contributed by atoms with E-state index in [1.165, 1.54) is 0 Å². The molecule has 1 saturated heterocycles. The smallest absolute Gasteiger partial charge is 0.240 e. The van der Waals surface area contributed by atoms with E-state index in [2.05, 4.69) is 11.9 Å². The molecule has 1 unspecified atom stereocenters. The molecule has 1 heterocycles. The normalized spacial score (nSPS) is 22.2. The van der Waals surface area contributed by atoms with Crippen LogP contribution in [0.2, 0.25) is 0 Å². The standard InChI is InChI=1S/C8H14N2OS/c1-3-4-10(2)8(11)7-5-12-6-9-7/h3,7,9H,1,4-6H2,2H3. The number of hydrogen-bond donors (Lipinski definition) is 1. The van der Waals surface area contributed by atoms with Gasteiger partial charge in [-0.3, -0.25) is 10.1 Å². The van der Waals surface area contributed by atoms with E-state index in [9.17, 15) is 4.79 Å². The molecule has 1 aliphatic heterocycles. The van der Waals surface area contributed by atoms with Crippen LogP contribution in [0.4, 0.5) is 0 Å². The first kappa shape index (κ1) is 9.61. The summed E-state index contributed by atoms with van der Waals surface area (Å²) in [6, 6.07) is 0.0138. The van der Waals surface area contributed by atoms with Crippen LogP contribution in [-0.2, 0) is 4.79 Å². The zero-order chi connectivity index (χ0) is 8.97. The third-order valence-electron chi connectivity index (χ3n) is 1.79. The van der Waals surface area contributed by atoms with Gasteiger partial charge in [0.2, 0.25) is 5.91 Å². The van der Waals surface area contributed by atoms with Crippen LogP contribution in [0.5, 0.6) is 0 Å². The summed E-state index contributed by atoms with van der Waals surface area (Å²) in [6.07, 6.45) is 1.74. The Labute approximate surface area is 77.2 Å². The zero-order valence-electron chi connectivity index (χ0n) is 7.25. The van der Waals surface area contributed by atoms with Crippen molar-refractivity contribution in [2.24, 2.45) is 0 Å².